The predicted octanol–water partition coefficient (Wildman–Crippen LogP) is 4.17. The molecule has 126 valence electrons. The zero-order chi connectivity index (χ0) is 17.2. The van der Waals surface area contributed by atoms with Gasteiger partial charge in [0.2, 0.25) is 0 Å². The van der Waals surface area contributed by atoms with E-state index in [2.05, 4.69) is 23.0 Å². The van der Waals surface area contributed by atoms with Gasteiger partial charge >= 0.3 is 0 Å². The van der Waals surface area contributed by atoms with Crippen LogP contribution < -0.4 is 0 Å². The lowest BCUT2D eigenvalue weighted by Crippen LogP contribution is -2.38. The van der Waals surface area contributed by atoms with Crippen molar-refractivity contribution in [1.82, 2.24) is 14.9 Å². The first-order valence-corrected chi connectivity index (χ1v) is 8.82. The minimum atomic E-state index is 0.0382. The number of amides is 1. The Labute approximate surface area is 147 Å². The van der Waals surface area contributed by atoms with Gasteiger partial charge in [0.15, 0.2) is 0 Å². The number of pyridine rings is 2. The molecule has 1 saturated heterocycles. The standard InChI is InChI=1S/C21H21N3O/c1-15-9-12-24(13-10-15)21(25)20-6-2-5-19(23-20)17-7-8-18-16(14-17)4-3-11-22-18/h2-8,11,14-15H,9-10,12-13H2,1H3. The van der Waals surface area contributed by atoms with Gasteiger partial charge in [0.25, 0.3) is 5.91 Å². The summed E-state index contributed by atoms with van der Waals surface area (Å²) in [7, 11) is 0. The van der Waals surface area contributed by atoms with Crippen molar-refractivity contribution >= 4 is 16.8 Å². The van der Waals surface area contributed by atoms with E-state index in [9.17, 15) is 4.79 Å². The number of hydrogen-bond acceptors (Lipinski definition) is 3. The molecule has 1 aliphatic rings. The molecule has 0 bridgehead atoms. The fourth-order valence-electron chi connectivity index (χ4n) is 3.32. The summed E-state index contributed by atoms with van der Waals surface area (Å²) in [6.07, 6.45) is 3.94. The lowest BCUT2D eigenvalue weighted by atomic mass is 9.99. The molecule has 0 N–H and O–H groups in total. The second-order valence-electron chi connectivity index (χ2n) is 6.79. The Morgan fingerprint density at radius 3 is 2.76 bits per heavy atom. The number of aromatic nitrogens is 2. The average Bonchev–Trinajstić information content (AvgIpc) is 2.68. The fourth-order valence-corrected chi connectivity index (χ4v) is 3.32. The fraction of sp³-hybridized carbons (Fsp3) is 0.286. The Balaban J connectivity index is 1.63. The van der Waals surface area contributed by atoms with Gasteiger partial charge in [-0.05, 0) is 49.1 Å². The van der Waals surface area contributed by atoms with Gasteiger partial charge in [-0.15, -0.1) is 0 Å². The molecule has 3 heterocycles. The lowest BCUT2D eigenvalue weighted by molar-refractivity contribution is 0.0691. The van der Waals surface area contributed by atoms with Crippen molar-refractivity contribution in [3.63, 3.8) is 0 Å². The van der Waals surface area contributed by atoms with E-state index in [0.29, 0.717) is 11.6 Å². The number of likely N-dealkylation sites (tertiary alicyclic amines) is 1. The van der Waals surface area contributed by atoms with Crippen LogP contribution in [0.2, 0.25) is 0 Å². The Bertz CT molecular complexity index is 914. The van der Waals surface area contributed by atoms with Crippen LogP contribution in [0.5, 0.6) is 0 Å². The molecular formula is C21H21N3O. The number of benzene rings is 1. The molecule has 0 aliphatic carbocycles. The second-order valence-corrected chi connectivity index (χ2v) is 6.79. The first-order chi connectivity index (χ1) is 12.2. The number of nitrogens with zero attached hydrogens (tertiary/aromatic N) is 3. The van der Waals surface area contributed by atoms with Crippen LogP contribution >= 0.6 is 0 Å². The predicted molar refractivity (Wildman–Crippen MR) is 99.3 cm³/mol. The number of rotatable bonds is 2. The molecule has 1 fully saturated rings. The summed E-state index contributed by atoms with van der Waals surface area (Å²) in [5, 5.41) is 1.07. The Morgan fingerprint density at radius 1 is 1.08 bits per heavy atom. The smallest absolute Gasteiger partial charge is 0.272 e. The molecule has 0 unspecified atom stereocenters. The number of carbonyl (C=O) groups excluding carboxylic acids is 1. The minimum absolute atomic E-state index is 0.0382. The van der Waals surface area contributed by atoms with Gasteiger partial charge in [-0.25, -0.2) is 4.98 Å². The van der Waals surface area contributed by atoms with Crippen molar-refractivity contribution in [3.05, 3.63) is 60.4 Å². The first kappa shape index (κ1) is 15.8. The van der Waals surface area contributed by atoms with Gasteiger partial charge in [0, 0.05) is 30.2 Å². The summed E-state index contributed by atoms with van der Waals surface area (Å²) in [5.74, 6) is 0.741. The van der Waals surface area contributed by atoms with Crippen molar-refractivity contribution in [1.29, 1.82) is 0 Å². The maximum Gasteiger partial charge on any atom is 0.272 e. The molecule has 1 aliphatic heterocycles. The van der Waals surface area contributed by atoms with E-state index in [0.717, 1.165) is 48.1 Å². The molecule has 4 nitrogen and oxygen atoms in total. The second kappa shape index (κ2) is 6.63. The molecule has 0 radical (unpaired) electrons. The van der Waals surface area contributed by atoms with Crippen LogP contribution in [0.3, 0.4) is 0 Å². The van der Waals surface area contributed by atoms with Gasteiger partial charge in [-0.2, -0.15) is 0 Å². The number of hydrogen-bond donors (Lipinski definition) is 0. The molecular weight excluding hydrogens is 310 g/mol. The van der Waals surface area contributed by atoms with Gasteiger partial charge in [-0.3, -0.25) is 9.78 Å². The molecule has 2 aromatic heterocycles. The number of piperidine rings is 1. The number of fused-ring (bicyclic) bond motifs is 1. The molecule has 3 aromatic rings. The van der Waals surface area contributed by atoms with E-state index in [-0.39, 0.29) is 5.91 Å². The van der Waals surface area contributed by atoms with Crippen LogP contribution in [0.1, 0.15) is 30.3 Å². The third-order valence-electron chi connectivity index (χ3n) is 4.94. The summed E-state index contributed by atoms with van der Waals surface area (Å²) < 4.78 is 0. The average molecular weight is 331 g/mol. The molecule has 25 heavy (non-hydrogen) atoms. The summed E-state index contributed by atoms with van der Waals surface area (Å²) >= 11 is 0. The zero-order valence-electron chi connectivity index (χ0n) is 14.4. The Morgan fingerprint density at radius 2 is 1.92 bits per heavy atom. The van der Waals surface area contributed by atoms with E-state index in [1.165, 1.54) is 0 Å². The molecule has 1 aromatic carbocycles. The third kappa shape index (κ3) is 3.25. The first-order valence-electron chi connectivity index (χ1n) is 8.82. The summed E-state index contributed by atoms with van der Waals surface area (Å²) in [5.41, 5.74) is 3.31. The van der Waals surface area contributed by atoms with Crippen LogP contribution in [0.4, 0.5) is 0 Å². The topological polar surface area (TPSA) is 46.1 Å². The largest absolute Gasteiger partial charge is 0.337 e. The van der Waals surface area contributed by atoms with Crippen molar-refractivity contribution in [2.75, 3.05) is 13.1 Å². The summed E-state index contributed by atoms with van der Waals surface area (Å²) in [6, 6.07) is 15.7. The van der Waals surface area contributed by atoms with Gasteiger partial charge in [-0.1, -0.05) is 25.1 Å². The van der Waals surface area contributed by atoms with Gasteiger partial charge in [0.1, 0.15) is 5.69 Å². The highest BCUT2D eigenvalue weighted by molar-refractivity contribution is 5.93. The Kier molecular flexibility index (Phi) is 4.18. The van der Waals surface area contributed by atoms with E-state index in [4.69, 9.17) is 0 Å². The van der Waals surface area contributed by atoms with Gasteiger partial charge in [0.05, 0.1) is 11.2 Å². The monoisotopic (exact) mass is 331 g/mol. The SMILES string of the molecule is CC1CCN(C(=O)c2cccc(-c3ccc4ncccc4c3)n2)CC1. The van der Waals surface area contributed by atoms with Crippen molar-refractivity contribution in [3.8, 4) is 11.3 Å². The molecule has 1 amide bonds. The maximum absolute atomic E-state index is 12.8. The van der Waals surface area contributed by atoms with Crippen molar-refractivity contribution < 1.29 is 4.79 Å². The van der Waals surface area contributed by atoms with E-state index in [1.807, 2.05) is 47.4 Å². The number of carbonyl (C=O) groups is 1. The van der Waals surface area contributed by atoms with E-state index < -0.39 is 0 Å². The van der Waals surface area contributed by atoms with Crippen LogP contribution in [0.15, 0.2) is 54.7 Å². The van der Waals surface area contributed by atoms with E-state index >= 15 is 0 Å². The lowest BCUT2D eigenvalue weighted by Gasteiger charge is -2.30. The quantitative estimate of drug-likeness (QED) is 0.708. The van der Waals surface area contributed by atoms with Crippen LogP contribution in [-0.4, -0.2) is 33.9 Å². The maximum atomic E-state index is 12.8. The summed E-state index contributed by atoms with van der Waals surface area (Å²) in [6.45, 7) is 3.90. The highest BCUT2D eigenvalue weighted by Crippen LogP contribution is 2.23. The van der Waals surface area contributed by atoms with Crippen LogP contribution in [-0.2, 0) is 0 Å². The Hall–Kier alpha value is -2.75. The molecule has 0 spiro atoms. The highest BCUT2D eigenvalue weighted by atomic mass is 16.2. The molecule has 4 rings (SSSR count). The normalized spacial score (nSPS) is 15.5. The highest BCUT2D eigenvalue weighted by Gasteiger charge is 2.22. The third-order valence-corrected chi connectivity index (χ3v) is 4.94. The van der Waals surface area contributed by atoms with E-state index in [1.54, 1.807) is 6.20 Å². The summed E-state index contributed by atoms with van der Waals surface area (Å²) in [4.78, 5) is 23.7. The van der Waals surface area contributed by atoms with Crippen molar-refractivity contribution in [2.45, 2.75) is 19.8 Å². The zero-order valence-corrected chi connectivity index (χ0v) is 14.4. The molecule has 0 saturated carbocycles. The van der Waals surface area contributed by atoms with Crippen LogP contribution in [0, 0.1) is 5.92 Å². The molecule has 4 heteroatoms. The van der Waals surface area contributed by atoms with Gasteiger partial charge < -0.3 is 4.90 Å². The minimum Gasteiger partial charge on any atom is -0.337 e. The van der Waals surface area contributed by atoms with Crippen molar-refractivity contribution in [2.24, 2.45) is 5.92 Å². The van der Waals surface area contributed by atoms with Crippen LogP contribution in [0.25, 0.3) is 22.2 Å². The molecule has 0 atom stereocenters.